The molecule has 2 aromatic rings. The van der Waals surface area contributed by atoms with Gasteiger partial charge in [0, 0.05) is 48.8 Å². The van der Waals surface area contributed by atoms with Crippen molar-refractivity contribution in [3.63, 3.8) is 0 Å². The predicted octanol–water partition coefficient (Wildman–Crippen LogP) is 4.36. The average Bonchev–Trinajstić information content (AvgIpc) is 2.70. The van der Waals surface area contributed by atoms with E-state index in [1.165, 1.54) is 26.6 Å². The first-order valence-electron chi connectivity index (χ1n) is 10.0. The molecule has 2 aromatic carbocycles. The number of piperazine rings is 1. The summed E-state index contributed by atoms with van der Waals surface area (Å²) in [7, 11) is 0. The van der Waals surface area contributed by atoms with Gasteiger partial charge in [0.05, 0.1) is 5.69 Å². The molecule has 0 unspecified atom stereocenters. The summed E-state index contributed by atoms with van der Waals surface area (Å²) < 4.78 is 0. The summed E-state index contributed by atoms with van der Waals surface area (Å²) in [5, 5.41) is 8.73. The number of carbonyl (C=O) groups excluding carboxylic acids is 1. The van der Waals surface area contributed by atoms with Gasteiger partial charge in [-0.2, -0.15) is 0 Å². The summed E-state index contributed by atoms with van der Waals surface area (Å²) in [6.07, 6.45) is 0.768. The maximum Gasteiger partial charge on any atom is 0.303 e. The molecule has 29 heavy (non-hydrogen) atoms. The molecule has 0 bridgehead atoms. The van der Waals surface area contributed by atoms with Crippen LogP contribution in [0.5, 0.6) is 0 Å². The van der Waals surface area contributed by atoms with Gasteiger partial charge in [-0.1, -0.05) is 41.6 Å². The minimum Gasteiger partial charge on any atom is -0.481 e. The lowest BCUT2D eigenvalue weighted by atomic mass is 10.2. The maximum absolute atomic E-state index is 12.3. The Labute approximate surface area is 176 Å². The van der Waals surface area contributed by atoms with Crippen LogP contribution in [0.25, 0.3) is 0 Å². The Morgan fingerprint density at radius 1 is 0.966 bits per heavy atom. The third-order valence-corrected chi connectivity index (χ3v) is 6.41. The molecule has 3 rings (SSSR count). The highest BCUT2D eigenvalue weighted by atomic mass is 32.2. The van der Waals surface area contributed by atoms with Crippen LogP contribution < -0.4 is 4.90 Å². The number of carboxylic acid groups (broad SMARTS) is 1. The molecular weight excluding hydrogens is 384 g/mol. The lowest BCUT2D eigenvalue weighted by molar-refractivity contribution is -0.137. The highest BCUT2D eigenvalue weighted by Gasteiger charge is 2.22. The molecule has 0 aliphatic carbocycles. The summed E-state index contributed by atoms with van der Waals surface area (Å²) in [4.78, 5) is 29.6. The number of nitrogens with zero attached hydrogens (tertiary/aromatic N) is 2. The largest absolute Gasteiger partial charge is 0.481 e. The Bertz CT molecular complexity index is 876. The Kier molecular flexibility index (Phi) is 7.20. The van der Waals surface area contributed by atoms with Crippen molar-refractivity contribution in [3.05, 3.63) is 53.6 Å². The van der Waals surface area contributed by atoms with Crippen molar-refractivity contribution >= 4 is 29.3 Å². The molecule has 1 aliphatic rings. The molecule has 1 fully saturated rings. The van der Waals surface area contributed by atoms with Gasteiger partial charge in [0.15, 0.2) is 0 Å². The van der Waals surface area contributed by atoms with Gasteiger partial charge in [0.2, 0.25) is 5.91 Å². The Morgan fingerprint density at radius 2 is 1.69 bits per heavy atom. The van der Waals surface area contributed by atoms with Crippen LogP contribution in [0.3, 0.4) is 0 Å². The van der Waals surface area contributed by atoms with E-state index in [4.69, 9.17) is 5.11 Å². The van der Waals surface area contributed by atoms with Gasteiger partial charge < -0.3 is 14.9 Å². The normalized spacial score (nSPS) is 14.1. The van der Waals surface area contributed by atoms with Crippen LogP contribution in [0.2, 0.25) is 0 Å². The minimum absolute atomic E-state index is 0.0503. The molecular formula is C23H28N2O3S. The lowest BCUT2D eigenvalue weighted by Gasteiger charge is -2.37. The fraction of sp³-hybridized carbons (Fsp3) is 0.391. The first-order valence-corrected chi connectivity index (χ1v) is 10.8. The van der Waals surface area contributed by atoms with E-state index in [0.29, 0.717) is 25.9 Å². The van der Waals surface area contributed by atoms with Crippen LogP contribution in [0.1, 0.15) is 30.4 Å². The van der Waals surface area contributed by atoms with Gasteiger partial charge in [-0.15, -0.1) is 0 Å². The van der Waals surface area contributed by atoms with E-state index < -0.39 is 5.97 Å². The van der Waals surface area contributed by atoms with E-state index in [9.17, 15) is 9.59 Å². The number of hydrogen-bond donors (Lipinski definition) is 1. The van der Waals surface area contributed by atoms with Crippen molar-refractivity contribution in [2.75, 3.05) is 31.1 Å². The Hall–Kier alpha value is -2.47. The summed E-state index contributed by atoms with van der Waals surface area (Å²) in [5.74, 6) is -0.788. The fourth-order valence-corrected chi connectivity index (χ4v) is 4.62. The first kappa shape index (κ1) is 21.2. The number of aryl methyl sites for hydroxylation is 2. The van der Waals surface area contributed by atoms with Crippen molar-refractivity contribution in [1.29, 1.82) is 0 Å². The summed E-state index contributed by atoms with van der Waals surface area (Å²) in [6.45, 7) is 7.18. The summed E-state index contributed by atoms with van der Waals surface area (Å²) in [6, 6.07) is 15.0. The van der Waals surface area contributed by atoms with Crippen molar-refractivity contribution in [1.82, 2.24) is 4.90 Å². The third-order valence-electron chi connectivity index (χ3n) is 5.17. The molecule has 1 N–H and O–H groups in total. The molecule has 1 aliphatic heterocycles. The lowest BCUT2D eigenvalue weighted by Crippen LogP contribution is -2.48. The SMILES string of the molecule is Cc1ccc(Sc2ccccc2N2CCN(C(=O)CCCC(=O)O)CC2)c(C)c1. The minimum atomic E-state index is -0.847. The zero-order valence-corrected chi connectivity index (χ0v) is 17.9. The predicted molar refractivity (Wildman–Crippen MR) is 117 cm³/mol. The van der Waals surface area contributed by atoms with Crippen LogP contribution >= 0.6 is 11.8 Å². The van der Waals surface area contributed by atoms with Crippen LogP contribution in [0.4, 0.5) is 5.69 Å². The molecule has 0 spiro atoms. The molecule has 5 nitrogen and oxygen atoms in total. The number of hydrogen-bond acceptors (Lipinski definition) is 4. The first-order chi connectivity index (χ1) is 13.9. The molecule has 1 saturated heterocycles. The van der Waals surface area contributed by atoms with E-state index >= 15 is 0 Å². The van der Waals surface area contributed by atoms with Crippen molar-refractivity contribution in [2.24, 2.45) is 0 Å². The number of rotatable bonds is 7. The number of benzene rings is 2. The number of anilines is 1. The average molecular weight is 413 g/mol. The zero-order chi connectivity index (χ0) is 20.8. The smallest absolute Gasteiger partial charge is 0.303 e. The number of carbonyl (C=O) groups is 2. The van der Waals surface area contributed by atoms with Gasteiger partial charge >= 0.3 is 5.97 Å². The van der Waals surface area contributed by atoms with E-state index in [2.05, 4.69) is 61.2 Å². The number of amides is 1. The molecule has 0 radical (unpaired) electrons. The number of aliphatic carboxylic acids is 1. The van der Waals surface area contributed by atoms with E-state index in [1.54, 1.807) is 11.8 Å². The molecule has 0 aromatic heterocycles. The standard InChI is InChI=1S/C23H28N2O3S/c1-17-10-11-20(18(2)16-17)29-21-7-4-3-6-19(21)24-12-14-25(15-13-24)22(26)8-5-9-23(27)28/h3-4,6-7,10-11,16H,5,8-9,12-15H2,1-2H3,(H,27,28). The second-order valence-electron chi connectivity index (χ2n) is 7.45. The van der Waals surface area contributed by atoms with Crippen LogP contribution in [-0.4, -0.2) is 48.1 Å². The highest BCUT2D eigenvalue weighted by molar-refractivity contribution is 7.99. The number of para-hydroxylation sites is 1. The fourth-order valence-electron chi connectivity index (χ4n) is 3.58. The maximum atomic E-state index is 12.3. The number of carboxylic acids is 1. The van der Waals surface area contributed by atoms with E-state index in [0.717, 1.165) is 13.1 Å². The third kappa shape index (κ3) is 5.76. The van der Waals surface area contributed by atoms with Crippen molar-refractivity contribution in [2.45, 2.75) is 42.9 Å². The van der Waals surface area contributed by atoms with Gasteiger partial charge in [-0.05, 0) is 44.0 Å². The molecule has 0 atom stereocenters. The van der Waals surface area contributed by atoms with Crippen LogP contribution in [0.15, 0.2) is 52.3 Å². The van der Waals surface area contributed by atoms with Gasteiger partial charge in [0.1, 0.15) is 0 Å². The highest BCUT2D eigenvalue weighted by Crippen LogP contribution is 2.37. The molecule has 0 saturated carbocycles. The molecule has 154 valence electrons. The zero-order valence-electron chi connectivity index (χ0n) is 17.1. The summed E-state index contributed by atoms with van der Waals surface area (Å²) in [5.41, 5.74) is 3.75. The topological polar surface area (TPSA) is 60.9 Å². The van der Waals surface area contributed by atoms with E-state index in [-0.39, 0.29) is 12.3 Å². The van der Waals surface area contributed by atoms with Crippen LogP contribution in [-0.2, 0) is 9.59 Å². The second-order valence-corrected chi connectivity index (χ2v) is 8.54. The van der Waals surface area contributed by atoms with Gasteiger partial charge in [0.25, 0.3) is 0 Å². The Balaban J connectivity index is 1.62. The van der Waals surface area contributed by atoms with E-state index in [1.807, 2.05) is 4.90 Å². The monoisotopic (exact) mass is 412 g/mol. The Morgan fingerprint density at radius 3 is 2.38 bits per heavy atom. The summed E-state index contributed by atoms with van der Waals surface area (Å²) >= 11 is 1.79. The molecule has 1 amide bonds. The molecule has 6 heteroatoms. The second kappa shape index (κ2) is 9.83. The quantitative estimate of drug-likeness (QED) is 0.732. The molecule has 1 heterocycles. The van der Waals surface area contributed by atoms with Crippen molar-refractivity contribution in [3.8, 4) is 0 Å². The van der Waals surface area contributed by atoms with Gasteiger partial charge in [-0.25, -0.2) is 0 Å². The van der Waals surface area contributed by atoms with Crippen molar-refractivity contribution < 1.29 is 14.7 Å². The van der Waals surface area contributed by atoms with Crippen LogP contribution in [0, 0.1) is 13.8 Å². The van der Waals surface area contributed by atoms with Gasteiger partial charge in [-0.3, -0.25) is 9.59 Å².